The van der Waals surface area contributed by atoms with Crippen LogP contribution in [0, 0.1) is 0 Å². The van der Waals surface area contributed by atoms with Gasteiger partial charge < -0.3 is 5.32 Å². The molecule has 1 aliphatic carbocycles. The van der Waals surface area contributed by atoms with Gasteiger partial charge in [-0.15, -0.1) is 0 Å². The number of rotatable bonds is 3. The molecular weight excluding hydrogens is 226 g/mol. The molecule has 1 aromatic carbocycles. The van der Waals surface area contributed by atoms with Crippen molar-refractivity contribution in [2.45, 2.75) is 32.2 Å². The summed E-state index contributed by atoms with van der Waals surface area (Å²) in [4.78, 5) is 0. The van der Waals surface area contributed by atoms with E-state index in [0.717, 1.165) is 0 Å². The highest BCUT2D eigenvalue weighted by Crippen LogP contribution is 2.27. The smallest absolute Gasteiger partial charge is 0.0493 e. The Morgan fingerprint density at radius 2 is 2.06 bits per heavy atom. The molecule has 1 aromatic heterocycles. The van der Waals surface area contributed by atoms with Gasteiger partial charge in [-0.05, 0) is 71.8 Å². The third-order valence-corrected chi connectivity index (χ3v) is 4.23. The highest BCUT2D eigenvalue weighted by atomic mass is 32.1. The van der Waals surface area contributed by atoms with E-state index in [1.807, 2.05) is 0 Å². The maximum atomic E-state index is 3.58. The number of anilines is 1. The minimum absolute atomic E-state index is 0.390. The van der Waals surface area contributed by atoms with Crippen LogP contribution >= 0.6 is 11.3 Å². The molecule has 2 heteroatoms. The topological polar surface area (TPSA) is 12.0 Å². The summed E-state index contributed by atoms with van der Waals surface area (Å²) < 4.78 is 0. The summed E-state index contributed by atoms with van der Waals surface area (Å²) in [6.45, 7) is 2.22. The molecule has 1 atom stereocenters. The van der Waals surface area contributed by atoms with E-state index in [-0.39, 0.29) is 0 Å². The summed E-state index contributed by atoms with van der Waals surface area (Å²) in [5.41, 5.74) is 5.70. The zero-order valence-corrected chi connectivity index (χ0v) is 10.9. The average molecular weight is 243 g/mol. The zero-order valence-electron chi connectivity index (χ0n) is 10.1. The van der Waals surface area contributed by atoms with Crippen LogP contribution in [0.25, 0.3) is 0 Å². The number of fused-ring (bicyclic) bond motifs is 1. The minimum Gasteiger partial charge on any atom is -0.378 e. The van der Waals surface area contributed by atoms with E-state index in [0.29, 0.717) is 6.04 Å². The van der Waals surface area contributed by atoms with Gasteiger partial charge in [-0.25, -0.2) is 0 Å². The Morgan fingerprint density at radius 3 is 2.88 bits per heavy atom. The van der Waals surface area contributed by atoms with Gasteiger partial charge in [-0.3, -0.25) is 0 Å². The van der Waals surface area contributed by atoms with Crippen LogP contribution in [0.2, 0.25) is 0 Å². The van der Waals surface area contributed by atoms with E-state index in [2.05, 4.69) is 47.3 Å². The second-order valence-corrected chi connectivity index (χ2v) is 5.54. The van der Waals surface area contributed by atoms with Gasteiger partial charge in [0.15, 0.2) is 0 Å². The van der Waals surface area contributed by atoms with Crippen LogP contribution in [0.4, 0.5) is 5.69 Å². The van der Waals surface area contributed by atoms with Crippen LogP contribution in [0.3, 0.4) is 0 Å². The predicted octanol–water partition coefficient (Wildman–Crippen LogP) is 4.41. The first-order chi connectivity index (χ1) is 8.33. The number of nitrogens with one attached hydrogen (secondary N) is 1. The summed E-state index contributed by atoms with van der Waals surface area (Å²) in [6, 6.07) is 9.40. The van der Waals surface area contributed by atoms with Crippen molar-refractivity contribution in [1.29, 1.82) is 0 Å². The molecule has 0 fully saturated rings. The highest BCUT2D eigenvalue weighted by molar-refractivity contribution is 7.07. The van der Waals surface area contributed by atoms with Crippen molar-refractivity contribution < 1.29 is 0 Å². The molecule has 1 unspecified atom stereocenters. The molecule has 0 bridgehead atoms. The molecule has 0 spiro atoms. The molecule has 0 amide bonds. The standard InChI is InChI=1S/C15H17NS/c1-11(14-7-8-17-10-14)16-15-6-5-12-3-2-4-13(12)9-15/h5-11,16H,2-4H2,1H3. The number of benzene rings is 1. The third kappa shape index (κ3) is 2.22. The molecule has 1 nitrogen and oxygen atoms in total. The maximum Gasteiger partial charge on any atom is 0.0493 e. The van der Waals surface area contributed by atoms with E-state index in [1.54, 1.807) is 16.9 Å². The van der Waals surface area contributed by atoms with Crippen LogP contribution in [0.5, 0.6) is 0 Å². The predicted molar refractivity (Wildman–Crippen MR) is 74.8 cm³/mol. The Balaban J connectivity index is 1.77. The van der Waals surface area contributed by atoms with Gasteiger partial charge >= 0.3 is 0 Å². The molecule has 1 heterocycles. The lowest BCUT2D eigenvalue weighted by Crippen LogP contribution is -2.05. The van der Waals surface area contributed by atoms with Gasteiger partial charge in [-0.1, -0.05) is 6.07 Å². The monoisotopic (exact) mass is 243 g/mol. The summed E-state index contributed by atoms with van der Waals surface area (Å²) in [5.74, 6) is 0. The van der Waals surface area contributed by atoms with E-state index in [4.69, 9.17) is 0 Å². The van der Waals surface area contributed by atoms with Crippen molar-refractivity contribution in [2.75, 3.05) is 5.32 Å². The van der Waals surface area contributed by atoms with Gasteiger partial charge in [0, 0.05) is 11.7 Å². The van der Waals surface area contributed by atoms with Crippen molar-refractivity contribution in [2.24, 2.45) is 0 Å². The first-order valence-electron chi connectivity index (χ1n) is 6.23. The molecular formula is C15H17NS. The van der Waals surface area contributed by atoms with Gasteiger partial charge in [0.2, 0.25) is 0 Å². The van der Waals surface area contributed by atoms with E-state index in [9.17, 15) is 0 Å². The second kappa shape index (κ2) is 4.53. The molecule has 2 aromatic rings. The first-order valence-corrected chi connectivity index (χ1v) is 7.17. The third-order valence-electron chi connectivity index (χ3n) is 3.52. The minimum atomic E-state index is 0.390. The van der Waals surface area contributed by atoms with Crippen LogP contribution in [0.15, 0.2) is 35.0 Å². The fraction of sp³-hybridized carbons (Fsp3) is 0.333. The highest BCUT2D eigenvalue weighted by Gasteiger charge is 2.12. The molecule has 0 saturated carbocycles. The molecule has 0 aliphatic heterocycles. The average Bonchev–Trinajstić information content (AvgIpc) is 2.99. The number of hydrogen-bond acceptors (Lipinski definition) is 2. The molecule has 17 heavy (non-hydrogen) atoms. The van der Waals surface area contributed by atoms with Gasteiger partial charge in [0.05, 0.1) is 0 Å². The molecule has 1 aliphatic rings. The van der Waals surface area contributed by atoms with E-state index < -0.39 is 0 Å². The van der Waals surface area contributed by atoms with Gasteiger partial charge in [-0.2, -0.15) is 11.3 Å². The first kappa shape index (κ1) is 10.8. The number of thiophene rings is 1. The van der Waals surface area contributed by atoms with Crippen molar-refractivity contribution in [3.8, 4) is 0 Å². The van der Waals surface area contributed by atoms with E-state index >= 15 is 0 Å². The Labute approximate surface area is 106 Å². The summed E-state index contributed by atoms with van der Waals surface area (Å²) in [6.07, 6.45) is 3.83. The Hall–Kier alpha value is -1.28. The molecule has 3 rings (SSSR count). The summed E-state index contributed by atoms with van der Waals surface area (Å²) in [7, 11) is 0. The van der Waals surface area contributed by atoms with Gasteiger partial charge in [0.1, 0.15) is 0 Å². The fourth-order valence-corrected chi connectivity index (χ4v) is 3.27. The lowest BCUT2D eigenvalue weighted by Gasteiger charge is -2.15. The van der Waals surface area contributed by atoms with Crippen molar-refractivity contribution in [1.82, 2.24) is 0 Å². The van der Waals surface area contributed by atoms with Gasteiger partial charge in [0.25, 0.3) is 0 Å². The van der Waals surface area contributed by atoms with Crippen LogP contribution in [0.1, 0.15) is 36.1 Å². The van der Waals surface area contributed by atoms with E-state index in [1.165, 1.54) is 36.1 Å². The van der Waals surface area contributed by atoms with Crippen molar-refractivity contribution in [3.05, 3.63) is 51.7 Å². The largest absolute Gasteiger partial charge is 0.378 e. The van der Waals surface area contributed by atoms with Crippen LogP contribution < -0.4 is 5.32 Å². The summed E-state index contributed by atoms with van der Waals surface area (Å²) in [5, 5.41) is 7.93. The maximum absolute atomic E-state index is 3.58. The Morgan fingerprint density at radius 1 is 1.18 bits per heavy atom. The molecule has 88 valence electrons. The van der Waals surface area contributed by atoms with Crippen molar-refractivity contribution in [3.63, 3.8) is 0 Å². The SMILES string of the molecule is CC(Nc1ccc2c(c1)CCC2)c1ccsc1. The zero-order chi connectivity index (χ0) is 11.7. The Kier molecular flexibility index (Phi) is 2.89. The second-order valence-electron chi connectivity index (χ2n) is 4.76. The number of aryl methyl sites for hydroxylation is 2. The molecule has 1 N–H and O–H groups in total. The lowest BCUT2D eigenvalue weighted by atomic mass is 10.1. The lowest BCUT2D eigenvalue weighted by molar-refractivity contribution is 0.889. The fourth-order valence-electron chi connectivity index (χ4n) is 2.52. The quantitative estimate of drug-likeness (QED) is 0.842. The van der Waals surface area contributed by atoms with Crippen molar-refractivity contribution >= 4 is 17.0 Å². The van der Waals surface area contributed by atoms with Crippen LogP contribution in [-0.4, -0.2) is 0 Å². The molecule has 0 saturated heterocycles. The Bertz CT molecular complexity index is 502. The number of hydrogen-bond donors (Lipinski definition) is 1. The normalized spacial score (nSPS) is 15.6. The molecule has 0 radical (unpaired) electrons. The summed E-state index contributed by atoms with van der Waals surface area (Å²) >= 11 is 1.76. The van der Waals surface area contributed by atoms with Crippen LogP contribution in [-0.2, 0) is 12.8 Å².